The molecule has 1 aliphatic rings. The second kappa shape index (κ2) is 6.76. The maximum absolute atomic E-state index is 12.2. The molecule has 1 aromatic carbocycles. The van der Waals surface area contributed by atoms with Crippen molar-refractivity contribution in [3.05, 3.63) is 28.7 Å². The van der Waals surface area contributed by atoms with Crippen molar-refractivity contribution in [1.82, 2.24) is 0 Å². The van der Waals surface area contributed by atoms with E-state index in [1.165, 1.54) is 12.8 Å². The van der Waals surface area contributed by atoms with Crippen LogP contribution in [0.2, 0.25) is 0 Å². The molecular formula is C15H19BrOS. The van der Waals surface area contributed by atoms with Gasteiger partial charge in [-0.2, -0.15) is 0 Å². The number of carbonyl (C=O) groups excluding carboxylic acids is 1. The molecule has 1 saturated carbocycles. The van der Waals surface area contributed by atoms with Crippen LogP contribution in [0.3, 0.4) is 0 Å². The molecule has 1 nitrogen and oxygen atoms in total. The average Bonchev–Trinajstić information content (AvgIpc) is 2.38. The van der Waals surface area contributed by atoms with Crippen LogP contribution >= 0.6 is 27.7 Å². The van der Waals surface area contributed by atoms with Gasteiger partial charge in [-0.05, 0) is 46.8 Å². The van der Waals surface area contributed by atoms with Gasteiger partial charge in [-0.1, -0.05) is 31.9 Å². The Morgan fingerprint density at radius 1 is 1.28 bits per heavy atom. The van der Waals surface area contributed by atoms with Gasteiger partial charge in [-0.25, -0.2) is 0 Å². The average molecular weight is 327 g/mol. The van der Waals surface area contributed by atoms with E-state index in [4.69, 9.17) is 0 Å². The molecule has 0 amide bonds. The molecule has 0 radical (unpaired) electrons. The fourth-order valence-corrected chi connectivity index (χ4v) is 3.95. The number of thioether (sulfide) groups is 1. The smallest absolute Gasteiger partial charge is 0.146 e. The van der Waals surface area contributed by atoms with Gasteiger partial charge < -0.3 is 0 Å². The van der Waals surface area contributed by atoms with Gasteiger partial charge in [0.25, 0.3) is 0 Å². The van der Waals surface area contributed by atoms with Crippen molar-refractivity contribution in [2.45, 2.75) is 37.5 Å². The van der Waals surface area contributed by atoms with E-state index in [2.05, 4.69) is 28.9 Å². The van der Waals surface area contributed by atoms with E-state index in [0.717, 1.165) is 28.1 Å². The summed E-state index contributed by atoms with van der Waals surface area (Å²) in [4.78, 5) is 13.3. The summed E-state index contributed by atoms with van der Waals surface area (Å²) in [6, 6.07) is 8.10. The summed E-state index contributed by atoms with van der Waals surface area (Å²) in [7, 11) is 0. The zero-order valence-electron chi connectivity index (χ0n) is 10.7. The van der Waals surface area contributed by atoms with Crippen molar-refractivity contribution in [3.63, 3.8) is 0 Å². The van der Waals surface area contributed by atoms with Crippen molar-refractivity contribution in [2.75, 3.05) is 5.75 Å². The van der Waals surface area contributed by atoms with Gasteiger partial charge in [-0.3, -0.25) is 4.79 Å². The largest absolute Gasteiger partial charge is 0.298 e. The molecule has 0 unspecified atom stereocenters. The van der Waals surface area contributed by atoms with E-state index in [0.29, 0.717) is 17.5 Å². The summed E-state index contributed by atoms with van der Waals surface area (Å²) in [5.74, 6) is 2.17. The van der Waals surface area contributed by atoms with Crippen LogP contribution in [0.4, 0.5) is 0 Å². The highest BCUT2D eigenvalue weighted by Gasteiger charge is 2.24. The molecule has 1 aromatic rings. The maximum Gasteiger partial charge on any atom is 0.146 e. The topological polar surface area (TPSA) is 17.1 Å². The van der Waals surface area contributed by atoms with Gasteiger partial charge in [0.1, 0.15) is 5.78 Å². The van der Waals surface area contributed by atoms with Crippen LogP contribution in [0.15, 0.2) is 33.6 Å². The summed E-state index contributed by atoms with van der Waals surface area (Å²) in [6.45, 7) is 2.29. The molecule has 0 heterocycles. The van der Waals surface area contributed by atoms with Crippen LogP contribution in [0.1, 0.15) is 32.6 Å². The summed E-state index contributed by atoms with van der Waals surface area (Å²) < 4.78 is 1.08. The summed E-state index contributed by atoms with van der Waals surface area (Å²) >= 11 is 5.17. The lowest BCUT2D eigenvalue weighted by Crippen LogP contribution is -2.22. The van der Waals surface area contributed by atoms with Gasteiger partial charge in [0.15, 0.2) is 0 Å². The van der Waals surface area contributed by atoms with Crippen molar-refractivity contribution >= 4 is 33.5 Å². The lowest BCUT2D eigenvalue weighted by atomic mass is 9.81. The molecule has 98 valence electrons. The molecule has 0 N–H and O–H groups in total. The number of halogens is 1. The van der Waals surface area contributed by atoms with Gasteiger partial charge in [0, 0.05) is 15.3 Å². The number of ketones is 1. The minimum absolute atomic E-state index is 0.316. The highest BCUT2D eigenvalue weighted by atomic mass is 79.9. The molecule has 0 bridgehead atoms. The first-order chi connectivity index (χ1) is 8.66. The van der Waals surface area contributed by atoms with Crippen molar-refractivity contribution in [2.24, 2.45) is 11.8 Å². The van der Waals surface area contributed by atoms with Gasteiger partial charge >= 0.3 is 0 Å². The second-order valence-electron chi connectivity index (χ2n) is 5.14. The predicted octanol–water partition coefficient (Wildman–Crippen LogP) is 4.94. The van der Waals surface area contributed by atoms with E-state index in [-0.39, 0.29) is 0 Å². The lowest BCUT2D eigenvalue weighted by molar-refractivity contribution is -0.121. The SMILES string of the molecule is CC1CCC(C(=O)CSc2ccccc2Br)CC1. The molecule has 0 aromatic heterocycles. The van der Waals surface area contributed by atoms with Crippen LogP contribution in [-0.2, 0) is 4.79 Å². The van der Waals surface area contributed by atoms with Crippen LogP contribution in [0.5, 0.6) is 0 Å². The Labute approximate surface area is 122 Å². The third-order valence-electron chi connectivity index (χ3n) is 3.68. The Kier molecular flexibility index (Phi) is 5.31. The van der Waals surface area contributed by atoms with E-state index >= 15 is 0 Å². The lowest BCUT2D eigenvalue weighted by Gasteiger charge is -2.24. The number of rotatable bonds is 4. The third kappa shape index (κ3) is 3.86. The molecule has 18 heavy (non-hydrogen) atoms. The van der Waals surface area contributed by atoms with Crippen LogP contribution in [-0.4, -0.2) is 11.5 Å². The van der Waals surface area contributed by atoms with Gasteiger partial charge in [-0.15, -0.1) is 11.8 Å². The molecule has 3 heteroatoms. The summed E-state index contributed by atoms with van der Waals surface area (Å²) in [5.41, 5.74) is 0. The number of carbonyl (C=O) groups is 1. The molecule has 0 saturated heterocycles. The minimum atomic E-state index is 0.316. The van der Waals surface area contributed by atoms with Gasteiger partial charge in [0.2, 0.25) is 0 Å². The first-order valence-corrected chi connectivity index (χ1v) is 8.34. The predicted molar refractivity (Wildman–Crippen MR) is 81.0 cm³/mol. The van der Waals surface area contributed by atoms with E-state index < -0.39 is 0 Å². The second-order valence-corrected chi connectivity index (χ2v) is 7.01. The number of hydrogen-bond donors (Lipinski definition) is 0. The van der Waals surface area contributed by atoms with Crippen molar-refractivity contribution in [1.29, 1.82) is 0 Å². The Morgan fingerprint density at radius 2 is 1.94 bits per heavy atom. The van der Waals surface area contributed by atoms with Crippen LogP contribution in [0.25, 0.3) is 0 Å². The van der Waals surface area contributed by atoms with E-state index in [9.17, 15) is 4.79 Å². The third-order valence-corrected chi connectivity index (χ3v) is 5.73. The molecule has 0 atom stereocenters. The molecule has 1 fully saturated rings. The Hall–Kier alpha value is -0.280. The number of benzene rings is 1. The highest BCUT2D eigenvalue weighted by Crippen LogP contribution is 2.32. The zero-order chi connectivity index (χ0) is 13.0. The normalized spacial score (nSPS) is 23.9. The molecular weight excluding hydrogens is 308 g/mol. The van der Waals surface area contributed by atoms with Crippen LogP contribution < -0.4 is 0 Å². The maximum atomic E-state index is 12.2. The Morgan fingerprint density at radius 3 is 2.61 bits per heavy atom. The first-order valence-electron chi connectivity index (χ1n) is 6.57. The molecule has 2 rings (SSSR count). The van der Waals surface area contributed by atoms with E-state index in [1.54, 1.807) is 11.8 Å². The fourth-order valence-electron chi connectivity index (χ4n) is 2.41. The zero-order valence-corrected chi connectivity index (χ0v) is 13.1. The highest BCUT2D eigenvalue weighted by molar-refractivity contribution is 9.10. The van der Waals surface area contributed by atoms with E-state index in [1.807, 2.05) is 18.2 Å². The summed E-state index contributed by atoms with van der Waals surface area (Å²) in [6.07, 6.45) is 4.62. The minimum Gasteiger partial charge on any atom is -0.298 e. The Balaban J connectivity index is 1.83. The monoisotopic (exact) mass is 326 g/mol. The molecule has 0 aliphatic heterocycles. The number of Topliss-reactive ketones (excluding diaryl/α,β-unsaturated/α-hetero) is 1. The van der Waals surface area contributed by atoms with Crippen LogP contribution in [0, 0.1) is 11.8 Å². The van der Waals surface area contributed by atoms with Crippen molar-refractivity contribution in [3.8, 4) is 0 Å². The molecule has 0 spiro atoms. The number of hydrogen-bond acceptors (Lipinski definition) is 2. The molecule has 1 aliphatic carbocycles. The quantitative estimate of drug-likeness (QED) is 0.729. The van der Waals surface area contributed by atoms with Gasteiger partial charge in [0.05, 0.1) is 5.75 Å². The Bertz CT molecular complexity index is 411. The fraction of sp³-hybridized carbons (Fsp3) is 0.533. The first kappa shape index (κ1) is 14.1. The van der Waals surface area contributed by atoms with Crippen molar-refractivity contribution < 1.29 is 4.79 Å². The standard InChI is InChI=1S/C15H19BrOS/c1-11-6-8-12(9-7-11)14(17)10-18-15-5-3-2-4-13(15)16/h2-5,11-12H,6-10H2,1H3. The summed E-state index contributed by atoms with van der Waals surface area (Å²) in [5, 5.41) is 0.